The van der Waals surface area contributed by atoms with Crippen molar-refractivity contribution in [1.29, 1.82) is 0 Å². The molecule has 18 heavy (non-hydrogen) atoms. The van der Waals surface area contributed by atoms with Crippen molar-refractivity contribution in [3.63, 3.8) is 0 Å². The van der Waals surface area contributed by atoms with Crippen molar-refractivity contribution in [1.82, 2.24) is 5.32 Å². The summed E-state index contributed by atoms with van der Waals surface area (Å²) in [6, 6.07) is 8.06. The molecule has 1 aromatic rings. The highest BCUT2D eigenvalue weighted by Crippen LogP contribution is 2.24. The van der Waals surface area contributed by atoms with Crippen LogP contribution in [-0.2, 0) is 9.59 Å². The third kappa shape index (κ3) is 3.69. The molecule has 0 aliphatic rings. The van der Waals surface area contributed by atoms with Gasteiger partial charge < -0.3 is 10.1 Å². The van der Waals surface area contributed by atoms with E-state index in [1.807, 2.05) is 12.1 Å². The molecule has 0 spiro atoms. The zero-order valence-corrected chi connectivity index (χ0v) is 11.3. The van der Waals surface area contributed by atoms with Crippen molar-refractivity contribution >= 4 is 12.2 Å². The van der Waals surface area contributed by atoms with Gasteiger partial charge in [0.15, 0.2) is 0 Å². The molecule has 1 unspecified atom stereocenters. The first-order chi connectivity index (χ1) is 8.60. The van der Waals surface area contributed by atoms with Crippen molar-refractivity contribution in [2.75, 3.05) is 7.05 Å². The minimum Gasteiger partial charge on any atom is -0.359 e. The first kappa shape index (κ1) is 14.4. The molecule has 0 fully saturated rings. The second kappa shape index (κ2) is 6.94. The van der Waals surface area contributed by atoms with E-state index >= 15 is 0 Å². The van der Waals surface area contributed by atoms with Gasteiger partial charge in [0.05, 0.1) is 5.92 Å². The predicted octanol–water partition coefficient (Wildman–Crippen LogP) is 2.62. The van der Waals surface area contributed by atoms with Crippen molar-refractivity contribution in [3.8, 4) is 0 Å². The van der Waals surface area contributed by atoms with Crippen LogP contribution in [0.1, 0.15) is 49.7 Å². The molecule has 0 radical (unpaired) electrons. The summed E-state index contributed by atoms with van der Waals surface area (Å²) in [7, 11) is 1.63. The fraction of sp³-hybridized carbons (Fsp3) is 0.467. The van der Waals surface area contributed by atoms with Crippen LogP contribution in [0, 0.1) is 0 Å². The Morgan fingerprint density at radius 3 is 2.56 bits per heavy atom. The molecular weight excluding hydrogens is 226 g/mol. The summed E-state index contributed by atoms with van der Waals surface area (Å²) < 4.78 is 0. The number of carbonyl (C=O) groups excluding carboxylic acids is 2. The Hall–Kier alpha value is -1.64. The number of amides is 1. The zero-order valence-electron chi connectivity index (χ0n) is 11.3. The van der Waals surface area contributed by atoms with Crippen molar-refractivity contribution in [2.24, 2.45) is 0 Å². The average Bonchev–Trinajstić information content (AvgIpc) is 2.39. The second-order valence-corrected chi connectivity index (χ2v) is 4.74. The van der Waals surface area contributed by atoms with Gasteiger partial charge in [0.25, 0.3) is 0 Å². The van der Waals surface area contributed by atoms with Crippen LogP contribution in [0.15, 0.2) is 24.3 Å². The Kier molecular flexibility index (Phi) is 5.56. The lowest BCUT2D eigenvalue weighted by Crippen LogP contribution is -2.26. The van der Waals surface area contributed by atoms with E-state index in [2.05, 4.69) is 31.3 Å². The van der Waals surface area contributed by atoms with Gasteiger partial charge in [-0.3, -0.25) is 4.79 Å². The van der Waals surface area contributed by atoms with Gasteiger partial charge >= 0.3 is 0 Å². The summed E-state index contributed by atoms with van der Waals surface area (Å²) in [6.07, 6.45) is 1.83. The van der Waals surface area contributed by atoms with E-state index in [0.29, 0.717) is 18.8 Å². The second-order valence-electron chi connectivity index (χ2n) is 4.74. The van der Waals surface area contributed by atoms with E-state index in [1.165, 1.54) is 5.56 Å². The Morgan fingerprint density at radius 1 is 1.33 bits per heavy atom. The molecule has 0 aliphatic heterocycles. The molecule has 3 heteroatoms. The van der Waals surface area contributed by atoms with Crippen LogP contribution in [0.3, 0.4) is 0 Å². The largest absolute Gasteiger partial charge is 0.359 e. The molecule has 0 saturated heterocycles. The molecule has 1 amide bonds. The van der Waals surface area contributed by atoms with E-state index in [-0.39, 0.29) is 11.8 Å². The van der Waals surface area contributed by atoms with Crippen LogP contribution >= 0.6 is 0 Å². The topological polar surface area (TPSA) is 46.2 Å². The summed E-state index contributed by atoms with van der Waals surface area (Å²) in [4.78, 5) is 22.4. The molecule has 0 saturated carbocycles. The maximum absolute atomic E-state index is 11.9. The Labute approximate surface area is 109 Å². The summed E-state index contributed by atoms with van der Waals surface area (Å²) >= 11 is 0. The quantitative estimate of drug-likeness (QED) is 0.785. The molecule has 0 aliphatic carbocycles. The molecule has 0 aromatic heterocycles. The minimum atomic E-state index is -0.237. The monoisotopic (exact) mass is 247 g/mol. The van der Waals surface area contributed by atoms with E-state index in [4.69, 9.17) is 0 Å². The van der Waals surface area contributed by atoms with Crippen molar-refractivity contribution in [3.05, 3.63) is 35.4 Å². The summed E-state index contributed by atoms with van der Waals surface area (Å²) in [6.45, 7) is 4.25. The van der Waals surface area contributed by atoms with Crippen LogP contribution in [0.5, 0.6) is 0 Å². The van der Waals surface area contributed by atoms with Gasteiger partial charge in [-0.15, -0.1) is 0 Å². The number of hydrogen-bond acceptors (Lipinski definition) is 2. The number of likely N-dealkylation sites (N-methyl/N-ethyl adjacent to an activating group) is 1. The van der Waals surface area contributed by atoms with E-state index in [1.54, 1.807) is 7.05 Å². The third-order valence-electron chi connectivity index (χ3n) is 3.12. The van der Waals surface area contributed by atoms with Gasteiger partial charge in [0.1, 0.15) is 6.29 Å². The lowest BCUT2D eigenvalue weighted by atomic mass is 9.90. The van der Waals surface area contributed by atoms with Gasteiger partial charge in [-0.25, -0.2) is 0 Å². The Morgan fingerprint density at radius 2 is 2.00 bits per heavy atom. The average molecular weight is 247 g/mol. The summed E-state index contributed by atoms with van der Waals surface area (Å²) in [5.41, 5.74) is 2.20. The van der Waals surface area contributed by atoms with Crippen LogP contribution < -0.4 is 5.32 Å². The van der Waals surface area contributed by atoms with Gasteiger partial charge in [-0.1, -0.05) is 38.1 Å². The SMILES string of the molecule is CNC(=O)C(CCC=O)c1cccc(C(C)C)c1. The number of nitrogens with one attached hydrogen (secondary N) is 1. The molecule has 0 bridgehead atoms. The number of benzene rings is 1. The molecule has 1 atom stereocenters. The predicted molar refractivity (Wildman–Crippen MR) is 72.6 cm³/mol. The highest BCUT2D eigenvalue weighted by molar-refractivity contribution is 5.83. The molecule has 1 rings (SSSR count). The molecule has 0 heterocycles. The Bertz CT molecular complexity index is 413. The number of aldehydes is 1. The summed E-state index contributed by atoms with van der Waals surface area (Å²) in [5, 5.41) is 2.67. The van der Waals surface area contributed by atoms with Gasteiger partial charge in [0, 0.05) is 13.5 Å². The first-order valence-corrected chi connectivity index (χ1v) is 6.35. The number of carbonyl (C=O) groups is 2. The van der Waals surface area contributed by atoms with Crippen LogP contribution in [0.2, 0.25) is 0 Å². The maximum Gasteiger partial charge on any atom is 0.227 e. The van der Waals surface area contributed by atoms with Crippen LogP contribution in [0.25, 0.3) is 0 Å². The van der Waals surface area contributed by atoms with E-state index in [0.717, 1.165) is 11.8 Å². The third-order valence-corrected chi connectivity index (χ3v) is 3.12. The van der Waals surface area contributed by atoms with Crippen molar-refractivity contribution in [2.45, 2.75) is 38.5 Å². The summed E-state index contributed by atoms with van der Waals surface area (Å²) in [5.74, 6) is 0.165. The van der Waals surface area contributed by atoms with Gasteiger partial charge in [-0.05, 0) is 23.5 Å². The van der Waals surface area contributed by atoms with Crippen LogP contribution in [0.4, 0.5) is 0 Å². The lowest BCUT2D eigenvalue weighted by Gasteiger charge is -2.16. The van der Waals surface area contributed by atoms with E-state index < -0.39 is 0 Å². The van der Waals surface area contributed by atoms with Gasteiger partial charge in [-0.2, -0.15) is 0 Å². The molecule has 1 N–H and O–H groups in total. The first-order valence-electron chi connectivity index (χ1n) is 6.35. The Balaban J connectivity index is 3.00. The molecular formula is C15H21NO2. The number of hydrogen-bond donors (Lipinski definition) is 1. The highest BCUT2D eigenvalue weighted by atomic mass is 16.1. The fourth-order valence-corrected chi connectivity index (χ4v) is 1.99. The van der Waals surface area contributed by atoms with Gasteiger partial charge in [0.2, 0.25) is 5.91 Å². The fourth-order valence-electron chi connectivity index (χ4n) is 1.99. The zero-order chi connectivity index (χ0) is 13.5. The number of rotatable bonds is 6. The minimum absolute atomic E-state index is 0.0299. The smallest absolute Gasteiger partial charge is 0.227 e. The van der Waals surface area contributed by atoms with Crippen molar-refractivity contribution < 1.29 is 9.59 Å². The maximum atomic E-state index is 11.9. The standard InChI is InChI=1S/C15H21NO2/c1-11(2)12-6-4-7-13(10-12)14(8-5-9-17)15(18)16-3/h4,6-7,9-11,14H,5,8H2,1-3H3,(H,16,18). The highest BCUT2D eigenvalue weighted by Gasteiger charge is 2.19. The molecule has 98 valence electrons. The normalized spacial score (nSPS) is 12.2. The molecule has 3 nitrogen and oxygen atoms in total. The molecule has 1 aromatic carbocycles. The van der Waals surface area contributed by atoms with E-state index in [9.17, 15) is 9.59 Å². The lowest BCUT2D eigenvalue weighted by molar-refractivity contribution is -0.122. The van der Waals surface area contributed by atoms with Crippen LogP contribution in [-0.4, -0.2) is 19.2 Å².